The molecule has 0 saturated heterocycles. The summed E-state index contributed by atoms with van der Waals surface area (Å²) in [6, 6.07) is 14.3. The monoisotopic (exact) mass is 445 g/mol. The Bertz CT molecular complexity index is 1050. The van der Waals surface area contributed by atoms with Crippen molar-refractivity contribution < 1.29 is 28.2 Å². The highest BCUT2D eigenvalue weighted by molar-refractivity contribution is 7.45. The molecular weight excluding hydrogens is 425 g/mol. The van der Waals surface area contributed by atoms with Gasteiger partial charge in [0.05, 0.1) is 17.4 Å². The van der Waals surface area contributed by atoms with Gasteiger partial charge in [0.25, 0.3) is 5.69 Å². The first-order valence-corrected chi connectivity index (χ1v) is 10.3. The number of carbonyl (C=O) groups is 1. The maximum Gasteiger partial charge on any atom is 0.323 e. The smallest absolute Gasteiger partial charge is 0.323 e. The lowest BCUT2D eigenvalue weighted by atomic mass is 10.1. The van der Waals surface area contributed by atoms with Gasteiger partial charge in [-0.05, 0) is 37.3 Å². The van der Waals surface area contributed by atoms with Crippen LogP contribution in [0.5, 0.6) is 11.5 Å². The molecule has 2 aromatic carbocycles. The molecule has 1 heterocycles. The van der Waals surface area contributed by atoms with Gasteiger partial charge in [-0.25, -0.2) is 5.09 Å². The molecule has 2 atom stereocenters. The van der Waals surface area contributed by atoms with E-state index in [0.717, 1.165) is 0 Å². The van der Waals surface area contributed by atoms with E-state index in [-0.39, 0.29) is 12.5 Å². The molecule has 3 rings (SSSR count). The van der Waals surface area contributed by atoms with Gasteiger partial charge in [-0.15, -0.1) is 0 Å². The van der Waals surface area contributed by atoms with Crippen molar-refractivity contribution in [2.45, 2.75) is 13.0 Å². The van der Waals surface area contributed by atoms with Crippen LogP contribution in [0.1, 0.15) is 6.92 Å². The van der Waals surface area contributed by atoms with E-state index in [1.54, 1.807) is 43.3 Å². The fraction of sp³-hybridized carbons (Fsp3) is 0.200. The zero-order chi connectivity index (χ0) is 22.2. The lowest BCUT2D eigenvalue weighted by molar-refractivity contribution is -0.383. The Hall–Kier alpha value is -3.33. The summed E-state index contributed by atoms with van der Waals surface area (Å²) in [7, 11) is -0.486. The maximum atomic E-state index is 11.7. The second-order valence-electron chi connectivity index (χ2n) is 6.17. The first kappa shape index (κ1) is 22.4. The number of non-ortho nitro benzene ring substituents is 1. The van der Waals surface area contributed by atoms with Crippen molar-refractivity contribution in [2.24, 2.45) is 0 Å². The van der Waals surface area contributed by atoms with Crippen LogP contribution < -0.4 is 14.3 Å². The van der Waals surface area contributed by atoms with E-state index in [1.807, 2.05) is 6.07 Å². The molecule has 11 heteroatoms. The fourth-order valence-corrected chi connectivity index (χ4v) is 3.66. The third-order valence-corrected chi connectivity index (χ3v) is 5.39. The highest BCUT2D eigenvalue weighted by Gasteiger charge is 2.23. The quantitative estimate of drug-likeness (QED) is 0.162. The van der Waals surface area contributed by atoms with Gasteiger partial charge in [-0.2, -0.15) is 0 Å². The molecule has 1 N–H and O–H groups in total. The number of aromatic nitrogens is 1. The third kappa shape index (κ3) is 5.85. The number of carbonyl (C=O) groups excluding carboxylic acids is 1. The zero-order valence-electron chi connectivity index (χ0n) is 16.8. The standard InChI is InChI=1S/C20H20N3O7P/c1-14(20(24)27-2)22-31(30-15-7-4-3-5-8-15)29-13-28-18-11-10-17(23(25)26)16-9-6-12-21-19(16)18/h3-12,14,22H,13H2,1-2H3. The topological polar surface area (TPSA) is 122 Å². The molecule has 10 nitrogen and oxygen atoms in total. The summed E-state index contributed by atoms with van der Waals surface area (Å²) in [5.74, 6) is 0.386. The summed E-state index contributed by atoms with van der Waals surface area (Å²) >= 11 is 0. The van der Waals surface area contributed by atoms with Gasteiger partial charge in [0.1, 0.15) is 23.1 Å². The van der Waals surface area contributed by atoms with E-state index in [9.17, 15) is 14.9 Å². The highest BCUT2D eigenvalue weighted by Crippen LogP contribution is 2.37. The summed E-state index contributed by atoms with van der Waals surface area (Å²) in [6.45, 7) is 1.37. The molecule has 0 bridgehead atoms. The number of methoxy groups -OCH3 is 1. The predicted octanol–water partition coefficient (Wildman–Crippen LogP) is 3.95. The van der Waals surface area contributed by atoms with Gasteiger partial charge < -0.3 is 14.0 Å². The van der Waals surface area contributed by atoms with Gasteiger partial charge in [-0.3, -0.25) is 24.4 Å². The first-order valence-electron chi connectivity index (χ1n) is 9.14. The van der Waals surface area contributed by atoms with Gasteiger partial charge in [0.2, 0.25) is 0 Å². The number of pyridine rings is 1. The molecule has 0 radical (unpaired) electrons. The second kappa shape index (κ2) is 10.6. The van der Waals surface area contributed by atoms with E-state index in [4.69, 9.17) is 18.5 Å². The Morgan fingerprint density at radius 2 is 1.97 bits per heavy atom. The van der Waals surface area contributed by atoms with Gasteiger partial charge >= 0.3 is 14.5 Å². The van der Waals surface area contributed by atoms with E-state index in [1.165, 1.54) is 25.4 Å². The Balaban J connectivity index is 1.72. The molecule has 0 spiro atoms. The van der Waals surface area contributed by atoms with Crippen LogP contribution in [0.25, 0.3) is 10.9 Å². The molecule has 3 aromatic rings. The molecule has 0 aliphatic carbocycles. The van der Waals surface area contributed by atoms with Crippen LogP contribution in [-0.2, 0) is 14.1 Å². The Labute approximate surface area is 179 Å². The van der Waals surface area contributed by atoms with Crippen LogP contribution in [0.15, 0.2) is 60.8 Å². The Morgan fingerprint density at radius 3 is 2.68 bits per heavy atom. The molecule has 31 heavy (non-hydrogen) atoms. The van der Waals surface area contributed by atoms with E-state index < -0.39 is 25.5 Å². The molecule has 0 amide bonds. The number of benzene rings is 2. The third-order valence-electron chi connectivity index (χ3n) is 4.08. The normalized spacial score (nSPS) is 12.7. The van der Waals surface area contributed by atoms with Crippen LogP contribution in [-0.4, -0.2) is 35.8 Å². The van der Waals surface area contributed by atoms with Crippen molar-refractivity contribution in [1.82, 2.24) is 10.1 Å². The molecule has 2 unspecified atom stereocenters. The van der Waals surface area contributed by atoms with Crippen molar-refractivity contribution in [1.29, 1.82) is 0 Å². The molecule has 0 aliphatic rings. The maximum absolute atomic E-state index is 11.7. The Kier molecular flexibility index (Phi) is 7.66. The highest BCUT2D eigenvalue weighted by atomic mass is 31.2. The SMILES string of the molecule is COC(=O)C(C)NP(OCOc1ccc([N+](=O)[O-])c2cccnc12)Oc1ccccc1. The Morgan fingerprint density at radius 1 is 1.19 bits per heavy atom. The van der Waals surface area contributed by atoms with E-state index in [0.29, 0.717) is 22.4 Å². The average molecular weight is 445 g/mol. The minimum Gasteiger partial charge on any atom is -0.468 e. The van der Waals surface area contributed by atoms with Gasteiger partial charge in [0.15, 0.2) is 6.79 Å². The number of para-hydroxylation sites is 1. The van der Waals surface area contributed by atoms with Crippen LogP contribution in [0.4, 0.5) is 5.69 Å². The van der Waals surface area contributed by atoms with Crippen molar-refractivity contribution in [3.8, 4) is 11.5 Å². The van der Waals surface area contributed by atoms with Crippen LogP contribution >= 0.6 is 8.53 Å². The summed E-state index contributed by atoms with van der Waals surface area (Å²) in [6.07, 6.45) is 1.52. The minimum absolute atomic E-state index is 0.0698. The molecular formula is C20H20N3O7P. The van der Waals surface area contributed by atoms with Gasteiger partial charge in [-0.1, -0.05) is 18.2 Å². The number of ether oxygens (including phenoxy) is 2. The lowest BCUT2D eigenvalue weighted by Gasteiger charge is -2.21. The molecule has 0 aliphatic heterocycles. The fourth-order valence-electron chi connectivity index (χ4n) is 2.60. The predicted molar refractivity (Wildman–Crippen MR) is 114 cm³/mol. The summed E-state index contributed by atoms with van der Waals surface area (Å²) in [4.78, 5) is 26.7. The number of hydrogen-bond donors (Lipinski definition) is 1. The van der Waals surface area contributed by atoms with E-state index in [2.05, 4.69) is 10.1 Å². The zero-order valence-corrected chi connectivity index (χ0v) is 17.7. The van der Waals surface area contributed by atoms with Crippen LogP contribution in [0, 0.1) is 10.1 Å². The van der Waals surface area contributed by atoms with Gasteiger partial charge in [0, 0.05) is 12.3 Å². The number of esters is 1. The van der Waals surface area contributed by atoms with Crippen LogP contribution in [0.2, 0.25) is 0 Å². The number of nitrogens with zero attached hydrogens (tertiary/aromatic N) is 2. The van der Waals surface area contributed by atoms with Crippen LogP contribution in [0.3, 0.4) is 0 Å². The molecule has 162 valence electrons. The van der Waals surface area contributed by atoms with Crippen molar-refractivity contribution >= 4 is 31.1 Å². The molecule has 0 saturated carbocycles. The number of fused-ring (bicyclic) bond motifs is 1. The average Bonchev–Trinajstić information content (AvgIpc) is 2.78. The number of nitro benzene ring substituents is 1. The largest absolute Gasteiger partial charge is 0.468 e. The first-order chi connectivity index (χ1) is 15.0. The molecule has 1 aromatic heterocycles. The van der Waals surface area contributed by atoms with Crippen molar-refractivity contribution in [2.75, 3.05) is 13.9 Å². The summed E-state index contributed by atoms with van der Waals surface area (Å²) < 4.78 is 21.9. The second-order valence-corrected chi connectivity index (χ2v) is 7.38. The number of nitro groups is 1. The molecule has 0 fully saturated rings. The summed E-state index contributed by atoms with van der Waals surface area (Å²) in [5.41, 5.74) is 0.268. The summed E-state index contributed by atoms with van der Waals surface area (Å²) in [5, 5.41) is 14.5. The number of rotatable bonds is 10. The van der Waals surface area contributed by atoms with Crippen molar-refractivity contribution in [3.05, 3.63) is 70.9 Å². The van der Waals surface area contributed by atoms with E-state index >= 15 is 0 Å². The number of nitrogens with one attached hydrogen (secondary N) is 1. The van der Waals surface area contributed by atoms with Crippen molar-refractivity contribution in [3.63, 3.8) is 0 Å². The minimum atomic E-state index is -1.77. The number of hydrogen-bond acceptors (Lipinski definition) is 9. The lowest BCUT2D eigenvalue weighted by Crippen LogP contribution is -2.33.